The number of hydrogen-bond acceptors (Lipinski definition) is 2. The summed E-state index contributed by atoms with van der Waals surface area (Å²) in [6.07, 6.45) is -5.47. The zero-order valence-electron chi connectivity index (χ0n) is 9.08. The van der Waals surface area contributed by atoms with Crippen molar-refractivity contribution < 1.29 is 23.1 Å². The highest BCUT2D eigenvalue weighted by molar-refractivity contribution is 5.93. The molecular weight excluding hydrogens is 235 g/mol. The Morgan fingerprint density at radius 2 is 2.12 bits per heavy atom. The van der Waals surface area contributed by atoms with Gasteiger partial charge in [-0.3, -0.25) is 4.79 Å². The van der Waals surface area contributed by atoms with Crippen molar-refractivity contribution >= 4 is 11.6 Å². The molecule has 0 spiro atoms. The number of hydrogen-bond donors (Lipinski definition) is 2. The average molecular weight is 247 g/mol. The second-order valence-electron chi connectivity index (χ2n) is 3.49. The molecule has 94 valence electrons. The van der Waals surface area contributed by atoms with E-state index in [-0.39, 0.29) is 12.1 Å². The minimum atomic E-state index is -4.45. The van der Waals surface area contributed by atoms with Crippen LogP contribution in [0.2, 0.25) is 0 Å². The molecule has 1 aromatic carbocycles. The van der Waals surface area contributed by atoms with Gasteiger partial charge in [-0.05, 0) is 24.6 Å². The highest BCUT2D eigenvalue weighted by Gasteiger charge is 2.30. The summed E-state index contributed by atoms with van der Waals surface area (Å²) >= 11 is 0. The van der Waals surface area contributed by atoms with Crippen LogP contribution in [0.5, 0.6) is 0 Å². The lowest BCUT2D eigenvalue weighted by molar-refractivity contribution is -0.137. The van der Waals surface area contributed by atoms with Crippen molar-refractivity contribution in [2.45, 2.75) is 25.6 Å². The Kier molecular flexibility index (Phi) is 4.11. The molecule has 1 aromatic rings. The highest BCUT2D eigenvalue weighted by atomic mass is 19.4. The first kappa shape index (κ1) is 13.5. The van der Waals surface area contributed by atoms with Crippen molar-refractivity contribution in [3.63, 3.8) is 0 Å². The highest BCUT2D eigenvalue weighted by Crippen LogP contribution is 2.30. The molecule has 0 aliphatic rings. The lowest BCUT2D eigenvalue weighted by Crippen LogP contribution is -2.26. The van der Waals surface area contributed by atoms with E-state index in [0.717, 1.165) is 12.1 Å². The maximum atomic E-state index is 12.4. The van der Waals surface area contributed by atoms with E-state index in [0.29, 0.717) is 0 Å². The fourth-order valence-electron chi connectivity index (χ4n) is 1.18. The minimum Gasteiger partial charge on any atom is -0.383 e. The Hall–Kier alpha value is -1.56. The average Bonchev–Trinajstić information content (AvgIpc) is 2.27. The summed E-state index contributed by atoms with van der Waals surface area (Å²) in [6.45, 7) is 1.59. The summed E-state index contributed by atoms with van der Waals surface area (Å²) in [7, 11) is 0. The molecule has 0 fully saturated rings. The summed E-state index contributed by atoms with van der Waals surface area (Å²) in [5.74, 6) is -0.716. The molecule has 1 amide bonds. The van der Waals surface area contributed by atoms with Crippen LogP contribution in [-0.4, -0.2) is 17.1 Å². The minimum absolute atomic E-state index is 0.0114. The Labute approximate surface area is 96.3 Å². The molecular formula is C11H12F3NO2. The molecule has 0 aliphatic heterocycles. The van der Waals surface area contributed by atoms with E-state index in [2.05, 4.69) is 5.32 Å². The number of aliphatic hydroxyl groups is 1. The smallest absolute Gasteiger partial charge is 0.383 e. The number of rotatable bonds is 3. The lowest BCUT2D eigenvalue weighted by Gasteiger charge is -2.11. The zero-order chi connectivity index (χ0) is 13.1. The second kappa shape index (κ2) is 5.18. The first-order valence-corrected chi connectivity index (χ1v) is 5.00. The number of anilines is 1. The van der Waals surface area contributed by atoms with E-state index < -0.39 is 23.8 Å². The number of halogens is 3. The predicted octanol–water partition coefficient (Wildman–Crippen LogP) is 2.41. The zero-order valence-corrected chi connectivity index (χ0v) is 9.08. The van der Waals surface area contributed by atoms with Crippen molar-refractivity contribution in [3.8, 4) is 0 Å². The van der Waals surface area contributed by atoms with E-state index in [4.69, 9.17) is 0 Å². The Bertz CT molecular complexity index is 404. The molecule has 0 saturated heterocycles. The van der Waals surface area contributed by atoms with E-state index in [1.54, 1.807) is 6.92 Å². The van der Waals surface area contributed by atoms with E-state index >= 15 is 0 Å². The van der Waals surface area contributed by atoms with Crippen LogP contribution in [0, 0.1) is 0 Å². The standard InChI is InChI=1S/C11H12F3NO2/c1-2-9(16)10(17)15-8-5-3-4-7(6-8)11(12,13)14/h3-6,9,16H,2H2,1H3,(H,15,17). The first-order valence-electron chi connectivity index (χ1n) is 5.00. The fraction of sp³-hybridized carbons (Fsp3) is 0.364. The van der Waals surface area contributed by atoms with Gasteiger partial charge >= 0.3 is 6.18 Å². The van der Waals surface area contributed by atoms with Gasteiger partial charge in [0.15, 0.2) is 0 Å². The van der Waals surface area contributed by atoms with Crippen LogP contribution in [-0.2, 0) is 11.0 Å². The molecule has 2 N–H and O–H groups in total. The molecule has 0 heterocycles. The van der Waals surface area contributed by atoms with Gasteiger partial charge in [-0.25, -0.2) is 0 Å². The monoisotopic (exact) mass is 247 g/mol. The van der Waals surface area contributed by atoms with Gasteiger partial charge in [-0.15, -0.1) is 0 Å². The van der Waals surface area contributed by atoms with Crippen LogP contribution in [0.1, 0.15) is 18.9 Å². The largest absolute Gasteiger partial charge is 0.416 e. The van der Waals surface area contributed by atoms with Crippen LogP contribution in [0.3, 0.4) is 0 Å². The van der Waals surface area contributed by atoms with Crippen molar-refractivity contribution in [2.24, 2.45) is 0 Å². The first-order chi connectivity index (χ1) is 7.84. The van der Waals surface area contributed by atoms with Crippen molar-refractivity contribution in [1.82, 2.24) is 0 Å². The normalized spacial score (nSPS) is 13.2. The van der Waals surface area contributed by atoms with Crippen LogP contribution in [0.15, 0.2) is 24.3 Å². The third-order valence-corrected chi connectivity index (χ3v) is 2.15. The molecule has 0 aliphatic carbocycles. The number of benzene rings is 1. The Morgan fingerprint density at radius 1 is 1.47 bits per heavy atom. The molecule has 17 heavy (non-hydrogen) atoms. The number of amides is 1. The summed E-state index contributed by atoms with van der Waals surface area (Å²) in [5, 5.41) is 11.4. The predicted molar refractivity (Wildman–Crippen MR) is 56.4 cm³/mol. The van der Waals surface area contributed by atoms with Gasteiger partial charge in [-0.2, -0.15) is 13.2 Å². The molecule has 1 unspecified atom stereocenters. The molecule has 0 aromatic heterocycles. The number of nitrogens with one attached hydrogen (secondary N) is 1. The second-order valence-corrected chi connectivity index (χ2v) is 3.49. The van der Waals surface area contributed by atoms with Crippen molar-refractivity contribution in [3.05, 3.63) is 29.8 Å². The van der Waals surface area contributed by atoms with Crippen LogP contribution >= 0.6 is 0 Å². The molecule has 0 radical (unpaired) electrons. The van der Waals surface area contributed by atoms with Crippen LogP contribution in [0.25, 0.3) is 0 Å². The van der Waals surface area contributed by atoms with Gasteiger partial charge in [0, 0.05) is 5.69 Å². The quantitative estimate of drug-likeness (QED) is 0.861. The van der Waals surface area contributed by atoms with Crippen molar-refractivity contribution in [1.29, 1.82) is 0 Å². The maximum Gasteiger partial charge on any atom is 0.416 e. The van der Waals surface area contributed by atoms with Gasteiger partial charge in [0.25, 0.3) is 5.91 Å². The maximum absolute atomic E-state index is 12.4. The van der Waals surface area contributed by atoms with Gasteiger partial charge in [-0.1, -0.05) is 13.0 Å². The number of carbonyl (C=O) groups is 1. The number of aliphatic hydroxyl groups excluding tert-OH is 1. The number of carbonyl (C=O) groups excluding carboxylic acids is 1. The van der Waals surface area contributed by atoms with E-state index in [1.807, 2.05) is 0 Å². The Morgan fingerprint density at radius 3 is 2.65 bits per heavy atom. The third kappa shape index (κ3) is 3.74. The molecule has 3 nitrogen and oxygen atoms in total. The van der Waals surface area contributed by atoms with Gasteiger partial charge in [0.1, 0.15) is 6.10 Å². The fourth-order valence-corrected chi connectivity index (χ4v) is 1.18. The molecule has 6 heteroatoms. The van der Waals surface area contributed by atoms with Crippen LogP contribution < -0.4 is 5.32 Å². The van der Waals surface area contributed by atoms with Crippen LogP contribution in [0.4, 0.5) is 18.9 Å². The van der Waals surface area contributed by atoms with Crippen molar-refractivity contribution in [2.75, 3.05) is 5.32 Å². The summed E-state index contributed by atoms with van der Waals surface area (Å²) < 4.78 is 37.1. The summed E-state index contributed by atoms with van der Waals surface area (Å²) in [4.78, 5) is 11.3. The Balaban J connectivity index is 2.83. The SMILES string of the molecule is CCC(O)C(=O)Nc1cccc(C(F)(F)F)c1. The van der Waals surface area contributed by atoms with Gasteiger partial charge in [0.2, 0.25) is 0 Å². The van der Waals surface area contributed by atoms with Gasteiger partial charge < -0.3 is 10.4 Å². The lowest BCUT2D eigenvalue weighted by atomic mass is 10.2. The van der Waals surface area contributed by atoms with Gasteiger partial charge in [0.05, 0.1) is 5.56 Å². The third-order valence-electron chi connectivity index (χ3n) is 2.15. The van der Waals surface area contributed by atoms with E-state index in [9.17, 15) is 23.1 Å². The topological polar surface area (TPSA) is 49.3 Å². The molecule has 1 atom stereocenters. The number of alkyl halides is 3. The summed E-state index contributed by atoms with van der Waals surface area (Å²) in [5.41, 5.74) is -0.835. The summed E-state index contributed by atoms with van der Waals surface area (Å²) in [6, 6.07) is 4.25. The molecule has 0 saturated carbocycles. The van der Waals surface area contributed by atoms with E-state index in [1.165, 1.54) is 12.1 Å². The molecule has 0 bridgehead atoms. The molecule has 1 rings (SSSR count).